The number of nitriles is 1. The molecule has 1 heterocycles. The lowest BCUT2D eigenvalue weighted by Crippen LogP contribution is -2.46. The fourth-order valence-corrected chi connectivity index (χ4v) is 3.82. The summed E-state index contributed by atoms with van der Waals surface area (Å²) in [6, 6.07) is 12.1. The normalized spacial score (nSPS) is 18.0. The van der Waals surface area contributed by atoms with Crippen LogP contribution < -0.4 is 14.4 Å². The van der Waals surface area contributed by atoms with E-state index in [4.69, 9.17) is 14.7 Å². The maximum absolute atomic E-state index is 13.4. The number of methoxy groups -OCH3 is 2. The fourth-order valence-electron chi connectivity index (χ4n) is 3.82. The predicted octanol–water partition coefficient (Wildman–Crippen LogP) is 2.51. The van der Waals surface area contributed by atoms with Crippen molar-refractivity contribution in [1.82, 2.24) is 4.90 Å². The van der Waals surface area contributed by atoms with Gasteiger partial charge in [-0.25, -0.2) is 4.90 Å². The molecule has 0 spiro atoms. The molecule has 1 aliphatic heterocycles. The van der Waals surface area contributed by atoms with Crippen molar-refractivity contribution in [3.05, 3.63) is 53.6 Å². The van der Waals surface area contributed by atoms with E-state index in [1.807, 2.05) is 6.07 Å². The van der Waals surface area contributed by atoms with Crippen LogP contribution in [0.1, 0.15) is 35.2 Å². The van der Waals surface area contributed by atoms with Gasteiger partial charge in [-0.1, -0.05) is 0 Å². The van der Waals surface area contributed by atoms with Gasteiger partial charge in [-0.3, -0.25) is 14.4 Å². The Morgan fingerprint density at radius 1 is 1.06 bits per heavy atom. The van der Waals surface area contributed by atoms with Crippen molar-refractivity contribution in [2.75, 3.05) is 19.1 Å². The molecule has 2 aliphatic rings. The van der Waals surface area contributed by atoms with Gasteiger partial charge in [0.25, 0.3) is 11.8 Å². The summed E-state index contributed by atoms with van der Waals surface area (Å²) in [5.41, 5.74) is 1.19. The number of hydrogen-bond acceptors (Lipinski definition) is 6. The van der Waals surface area contributed by atoms with E-state index in [2.05, 4.69) is 0 Å². The van der Waals surface area contributed by atoms with Crippen LogP contribution in [0.15, 0.2) is 42.5 Å². The molecule has 31 heavy (non-hydrogen) atoms. The Balaban J connectivity index is 1.63. The van der Waals surface area contributed by atoms with Crippen molar-refractivity contribution in [1.29, 1.82) is 5.26 Å². The molecule has 2 aromatic carbocycles. The van der Waals surface area contributed by atoms with Crippen molar-refractivity contribution in [3.8, 4) is 17.6 Å². The SMILES string of the molecule is COc1ccc(C(=O)N(C2CC2)C2CC(=O)N(c3ccc(C#N)cc3)C2=O)cc1OC. The summed E-state index contributed by atoms with van der Waals surface area (Å²) in [7, 11) is 3.00. The van der Waals surface area contributed by atoms with Gasteiger partial charge in [0.15, 0.2) is 11.5 Å². The van der Waals surface area contributed by atoms with E-state index < -0.39 is 11.9 Å². The Morgan fingerprint density at radius 2 is 1.74 bits per heavy atom. The molecule has 1 unspecified atom stereocenters. The first-order valence-corrected chi connectivity index (χ1v) is 9.90. The van der Waals surface area contributed by atoms with Gasteiger partial charge in [-0.05, 0) is 55.3 Å². The van der Waals surface area contributed by atoms with Crippen molar-refractivity contribution in [2.45, 2.75) is 31.3 Å². The van der Waals surface area contributed by atoms with Gasteiger partial charge in [-0.15, -0.1) is 0 Å². The largest absolute Gasteiger partial charge is 0.493 e. The number of anilines is 1. The highest BCUT2D eigenvalue weighted by Crippen LogP contribution is 2.36. The summed E-state index contributed by atoms with van der Waals surface area (Å²) >= 11 is 0. The number of carbonyl (C=O) groups is 3. The van der Waals surface area contributed by atoms with E-state index in [1.165, 1.54) is 19.1 Å². The second-order valence-electron chi connectivity index (χ2n) is 7.46. The summed E-state index contributed by atoms with van der Waals surface area (Å²) in [4.78, 5) is 41.9. The summed E-state index contributed by atoms with van der Waals surface area (Å²) in [5.74, 6) is -0.217. The third kappa shape index (κ3) is 3.70. The minimum atomic E-state index is -0.865. The summed E-state index contributed by atoms with van der Waals surface area (Å²) < 4.78 is 10.5. The molecule has 1 atom stereocenters. The summed E-state index contributed by atoms with van der Waals surface area (Å²) in [6.07, 6.45) is 1.50. The monoisotopic (exact) mass is 419 g/mol. The first-order valence-electron chi connectivity index (χ1n) is 9.90. The lowest BCUT2D eigenvalue weighted by Gasteiger charge is -2.28. The van der Waals surface area contributed by atoms with Gasteiger partial charge < -0.3 is 14.4 Å². The molecule has 8 nitrogen and oxygen atoms in total. The van der Waals surface area contributed by atoms with Crippen molar-refractivity contribution in [2.24, 2.45) is 0 Å². The van der Waals surface area contributed by atoms with Gasteiger partial charge in [0.1, 0.15) is 6.04 Å². The predicted molar refractivity (Wildman–Crippen MR) is 111 cm³/mol. The number of amides is 3. The lowest BCUT2D eigenvalue weighted by atomic mass is 10.1. The first kappa shape index (κ1) is 20.4. The van der Waals surface area contributed by atoms with E-state index in [-0.39, 0.29) is 24.3 Å². The second-order valence-corrected chi connectivity index (χ2v) is 7.46. The van der Waals surface area contributed by atoms with Gasteiger partial charge in [0, 0.05) is 11.6 Å². The number of ether oxygens (including phenoxy) is 2. The number of carbonyl (C=O) groups excluding carboxylic acids is 3. The molecule has 158 valence electrons. The van der Waals surface area contributed by atoms with Crippen LogP contribution in [0.3, 0.4) is 0 Å². The smallest absolute Gasteiger partial charge is 0.257 e. The highest BCUT2D eigenvalue weighted by atomic mass is 16.5. The van der Waals surface area contributed by atoms with E-state index >= 15 is 0 Å². The van der Waals surface area contributed by atoms with Crippen LogP contribution in [0.2, 0.25) is 0 Å². The molecule has 0 radical (unpaired) electrons. The number of imide groups is 1. The van der Waals surface area contributed by atoms with Crippen LogP contribution in [-0.2, 0) is 9.59 Å². The Kier molecular flexibility index (Phi) is 5.34. The van der Waals surface area contributed by atoms with E-state index in [0.29, 0.717) is 28.3 Å². The van der Waals surface area contributed by atoms with Crippen molar-refractivity contribution in [3.63, 3.8) is 0 Å². The standard InChI is InChI=1S/C23H21N3O5/c1-30-19-10-5-15(11-20(19)31-2)22(28)25(16-8-9-16)18-12-21(27)26(23(18)29)17-6-3-14(13-24)4-7-17/h3-7,10-11,16,18H,8-9,12H2,1-2H3. The molecule has 0 bridgehead atoms. The minimum Gasteiger partial charge on any atom is -0.493 e. The molecule has 8 heteroatoms. The molecule has 4 rings (SSSR count). The fraction of sp³-hybridized carbons (Fsp3) is 0.304. The molecule has 2 aromatic rings. The van der Waals surface area contributed by atoms with Gasteiger partial charge in [0.2, 0.25) is 5.91 Å². The molecule has 1 saturated heterocycles. The van der Waals surface area contributed by atoms with E-state index in [1.54, 1.807) is 42.5 Å². The van der Waals surface area contributed by atoms with Crippen LogP contribution in [-0.4, -0.2) is 48.9 Å². The molecular weight excluding hydrogens is 398 g/mol. The maximum atomic E-state index is 13.4. The maximum Gasteiger partial charge on any atom is 0.257 e. The van der Waals surface area contributed by atoms with E-state index in [9.17, 15) is 14.4 Å². The number of nitrogens with zero attached hydrogens (tertiary/aromatic N) is 3. The van der Waals surface area contributed by atoms with Crippen LogP contribution in [0.5, 0.6) is 11.5 Å². The topological polar surface area (TPSA) is 99.9 Å². The Bertz CT molecular complexity index is 1090. The molecule has 0 N–H and O–H groups in total. The highest BCUT2D eigenvalue weighted by Gasteiger charge is 2.49. The molecule has 1 saturated carbocycles. The number of hydrogen-bond donors (Lipinski definition) is 0. The molecule has 3 amide bonds. The minimum absolute atomic E-state index is 0.0750. The van der Waals surface area contributed by atoms with Crippen molar-refractivity contribution < 1.29 is 23.9 Å². The zero-order valence-corrected chi connectivity index (χ0v) is 17.2. The number of rotatable bonds is 6. The van der Waals surface area contributed by atoms with Gasteiger partial charge in [0.05, 0.1) is 38.0 Å². The van der Waals surface area contributed by atoms with Crippen LogP contribution in [0.4, 0.5) is 5.69 Å². The highest BCUT2D eigenvalue weighted by molar-refractivity contribution is 6.23. The van der Waals surface area contributed by atoms with Crippen LogP contribution in [0.25, 0.3) is 0 Å². The van der Waals surface area contributed by atoms with Crippen LogP contribution in [0, 0.1) is 11.3 Å². The molecule has 2 fully saturated rings. The quantitative estimate of drug-likeness (QED) is 0.667. The average molecular weight is 419 g/mol. The van der Waals surface area contributed by atoms with E-state index in [0.717, 1.165) is 17.7 Å². The molecular formula is C23H21N3O5. The van der Waals surface area contributed by atoms with Crippen LogP contribution >= 0.6 is 0 Å². The first-order chi connectivity index (χ1) is 15.0. The van der Waals surface area contributed by atoms with Crippen molar-refractivity contribution >= 4 is 23.4 Å². The zero-order chi connectivity index (χ0) is 22.1. The summed E-state index contributed by atoms with van der Waals surface area (Å²) in [6.45, 7) is 0. The third-order valence-electron chi connectivity index (χ3n) is 5.52. The average Bonchev–Trinajstić information content (AvgIpc) is 3.58. The third-order valence-corrected chi connectivity index (χ3v) is 5.52. The second kappa shape index (κ2) is 8.11. The van der Waals surface area contributed by atoms with Gasteiger partial charge in [-0.2, -0.15) is 5.26 Å². The summed E-state index contributed by atoms with van der Waals surface area (Å²) in [5, 5.41) is 8.96. The number of benzene rings is 2. The Hall–Kier alpha value is -3.86. The molecule has 0 aromatic heterocycles. The Labute approximate surface area is 179 Å². The van der Waals surface area contributed by atoms with Gasteiger partial charge >= 0.3 is 0 Å². The molecule has 1 aliphatic carbocycles. The lowest BCUT2D eigenvalue weighted by molar-refractivity contribution is -0.122. The Morgan fingerprint density at radius 3 is 2.32 bits per heavy atom. The zero-order valence-electron chi connectivity index (χ0n) is 17.2.